The van der Waals surface area contributed by atoms with Crippen molar-refractivity contribution in [2.45, 2.75) is 5.75 Å². The van der Waals surface area contributed by atoms with Gasteiger partial charge in [-0.15, -0.1) is 0 Å². The van der Waals surface area contributed by atoms with Gasteiger partial charge < -0.3 is 5.32 Å². The number of thioether (sulfide) groups is 1. The highest BCUT2D eigenvalue weighted by Crippen LogP contribution is 2.24. The Balaban J connectivity index is 1.91. The number of sulfonamides is 1. The molecular weight excluding hydrogens is 411 g/mol. The predicted molar refractivity (Wildman–Crippen MR) is 110 cm³/mol. The standard InChI is InChI=1S/C18H20ClFN2O3S2/c1-22(27(2,24)25)14-7-8-16(19)15(11-14)18(23)21-9-10-26-12-13-5-3-4-6-17(13)20/h3-8,11H,9-10,12H2,1-2H3,(H,21,23). The first-order chi connectivity index (χ1) is 12.7. The molecule has 27 heavy (non-hydrogen) atoms. The Morgan fingerprint density at radius 3 is 2.63 bits per heavy atom. The van der Waals surface area contributed by atoms with Crippen LogP contribution < -0.4 is 9.62 Å². The lowest BCUT2D eigenvalue weighted by atomic mass is 10.2. The number of nitrogens with zero attached hydrogens (tertiary/aromatic N) is 1. The SMILES string of the molecule is CN(c1ccc(Cl)c(C(=O)NCCSCc2ccccc2F)c1)S(C)(=O)=O. The fraction of sp³-hybridized carbons (Fsp3) is 0.278. The third kappa shape index (κ3) is 6.12. The number of benzene rings is 2. The van der Waals surface area contributed by atoms with E-state index >= 15 is 0 Å². The van der Waals surface area contributed by atoms with E-state index in [2.05, 4.69) is 5.32 Å². The van der Waals surface area contributed by atoms with Crippen LogP contribution in [0.4, 0.5) is 10.1 Å². The normalized spacial score (nSPS) is 11.3. The lowest BCUT2D eigenvalue weighted by Gasteiger charge is -2.18. The summed E-state index contributed by atoms with van der Waals surface area (Å²) >= 11 is 7.57. The maximum absolute atomic E-state index is 13.5. The summed E-state index contributed by atoms with van der Waals surface area (Å²) in [6.45, 7) is 0.375. The van der Waals surface area contributed by atoms with Gasteiger partial charge in [-0.05, 0) is 29.8 Å². The minimum atomic E-state index is -3.44. The van der Waals surface area contributed by atoms with Crippen molar-refractivity contribution in [3.63, 3.8) is 0 Å². The monoisotopic (exact) mass is 430 g/mol. The molecule has 0 fully saturated rings. The molecule has 0 saturated heterocycles. The zero-order chi connectivity index (χ0) is 20.0. The summed E-state index contributed by atoms with van der Waals surface area (Å²) in [5, 5.41) is 2.97. The van der Waals surface area contributed by atoms with E-state index in [0.717, 1.165) is 10.6 Å². The molecular formula is C18H20ClFN2O3S2. The average Bonchev–Trinajstić information content (AvgIpc) is 2.61. The number of carbonyl (C=O) groups is 1. The summed E-state index contributed by atoms with van der Waals surface area (Å²) in [6.07, 6.45) is 1.08. The Morgan fingerprint density at radius 2 is 1.96 bits per heavy atom. The quantitative estimate of drug-likeness (QED) is 0.650. The Labute approximate surface area is 168 Å². The van der Waals surface area contributed by atoms with Crippen molar-refractivity contribution >= 4 is 45.0 Å². The van der Waals surface area contributed by atoms with Crippen molar-refractivity contribution in [2.75, 3.05) is 29.9 Å². The molecule has 2 rings (SSSR count). The maximum Gasteiger partial charge on any atom is 0.252 e. The van der Waals surface area contributed by atoms with Gasteiger partial charge in [-0.2, -0.15) is 11.8 Å². The molecule has 2 aromatic rings. The predicted octanol–water partition coefficient (Wildman–Crippen LogP) is 3.54. The Hall–Kier alpha value is -1.77. The van der Waals surface area contributed by atoms with Crippen molar-refractivity contribution < 1.29 is 17.6 Å². The molecule has 0 aromatic heterocycles. The minimum absolute atomic E-state index is 0.198. The van der Waals surface area contributed by atoms with E-state index in [4.69, 9.17) is 11.6 Å². The first-order valence-electron chi connectivity index (χ1n) is 8.03. The summed E-state index contributed by atoms with van der Waals surface area (Å²) in [4.78, 5) is 12.3. The first-order valence-corrected chi connectivity index (χ1v) is 11.4. The van der Waals surface area contributed by atoms with Crippen LogP contribution in [0.25, 0.3) is 0 Å². The zero-order valence-electron chi connectivity index (χ0n) is 14.9. The molecule has 0 aliphatic heterocycles. The number of hydrogen-bond acceptors (Lipinski definition) is 4. The third-order valence-electron chi connectivity index (χ3n) is 3.80. The van der Waals surface area contributed by atoms with Crippen molar-refractivity contribution in [3.8, 4) is 0 Å². The summed E-state index contributed by atoms with van der Waals surface area (Å²) < 4.78 is 37.9. The Kier molecular flexibility index (Phi) is 7.52. The number of carbonyl (C=O) groups excluding carboxylic acids is 1. The molecule has 0 aliphatic carbocycles. The van der Waals surface area contributed by atoms with E-state index < -0.39 is 15.9 Å². The topological polar surface area (TPSA) is 66.5 Å². The molecule has 0 bridgehead atoms. The third-order valence-corrected chi connectivity index (χ3v) is 6.35. The van der Waals surface area contributed by atoms with Gasteiger partial charge in [0, 0.05) is 25.1 Å². The van der Waals surface area contributed by atoms with Crippen LogP contribution in [-0.4, -0.2) is 39.9 Å². The van der Waals surface area contributed by atoms with Crippen molar-refractivity contribution in [1.29, 1.82) is 0 Å². The zero-order valence-corrected chi connectivity index (χ0v) is 17.3. The van der Waals surface area contributed by atoms with Gasteiger partial charge >= 0.3 is 0 Å². The number of rotatable bonds is 8. The van der Waals surface area contributed by atoms with Crippen molar-refractivity contribution in [2.24, 2.45) is 0 Å². The number of nitrogens with one attached hydrogen (secondary N) is 1. The average molecular weight is 431 g/mol. The highest BCUT2D eigenvalue weighted by atomic mass is 35.5. The van der Waals surface area contributed by atoms with Crippen molar-refractivity contribution in [1.82, 2.24) is 5.32 Å². The molecule has 9 heteroatoms. The second kappa shape index (κ2) is 9.43. The molecule has 1 amide bonds. The van der Waals surface area contributed by atoms with E-state index in [1.807, 2.05) is 0 Å². The molecule has 2 aromatic carbocycles. The Morgan fingerprint density at radius 1 is 1.26 bits per heavy atom. The fourth-order valence-electron chi connectivity index (χ4n) is 2.20. The molecule has 146 valence electrons. The van der Waals surface area contributed by atoms with Crippen LogP contribution in [0.15, 0.2) is 42.5 Å². The van der Waals surface area contributed by atoms with Gasteiger partial charge in [0.1, 0.15) is 5.82 Å². The summed E-state index contributed by atoms with van der Waals surface area (Å²) in [7, 11) is -2.04. The highest BCUT2D eigenvalue weighted by molar-refractivity contribution is 7.98. The second-order valence-electron chi connectivity index (χ2n) is 5.79. The van der Waals surface area contributed by atoms with Crippen LogP contribution in [-0.2, 0) is 15.8 Å². The van der Waals surface area contributed by atoms with E-state index in [0.29, 0.717) is 29.3 Å². The molecule has 0 heterocycles. The largest absolute Gasteiger partial charge is 0.351 e. The van der Waals surface area contributed by atoms with Crippen LogP contribution in [0, 0.1) is 5.82 Å². The van der Waals surface area contributed by atoms with Gasteiger partial charge in [-0.25, -0.2) is 12.8 Å². The lowest BCUT2D eigenvalue weighted by molar-refractivity contribution is 0.0956. The second-order valence-corrected chi connectivity index (χ2v) is 9.32. The van der Waals surface area contributed by atoms with Gasteiger partial charge in [0.2, 0.25) is 10.0 Å². The number of halogens is 2. The minimum Gasteiger partial charge on any atom is -0.351 e. The van der Waals surface area contributed by atoms with E-state index in [1.54, 1.807) is 18.2 Å². The number of hydrogen-bond donors (Lipinski definition) is 1. The molecule has 0 aliphatic rings. The van der Waals surface area contributed by atoms with Crippen LogP contribution in [0.1, 0.15) is 15.9 Å². The van der Waals surface area contributed by atoms with Gasteiger partial charge in [0.25, 0.3) is 5.91 Å². The molecule has 0 unspecified atom stereocenters. The molecule has 0 atom stereocenters. The van der Waals surface area contributed by atoms with E-state index in [9.17, 15) is 17.6 Å². The first kappa shape index (κ1) is 21.5. The van der Waals surface area contributed by atoms with Gasteiger partial charge in [0.05, 0.1) is 22.5 Å². The van der Waals surface area contributed by atoms with Gasteiger partial charge in [0.15, 0.2) is 0 Å². The van der Waals surface area contributed by atoms with Crippen LogP contribution in [0.2, 0.25) is 5.02 Å². The smallest absolute Gasteiger partial charge is 0.252 e. The summed E-state index contributed by atoms with van der Waals surface area (Å²) in [6, 6.07) is 11.0. The van der Waals surface area contributed by atoms with E-state index in [1.165, 1.54) is 43.1 Å². The Bertz CT molecular complexity index is 923. The van der Waals surface area contributed by atoms with Gasteiger partial charge in [-0.3, -0.25) is 9.10 Å². The molecule has 0 radical (unpaired) electrons. The summed E-state index contributed by atoms with van der Waals surface area (Å²) in [5.74, 6) is 0.473. The molecule has 5 nitrogen and oxygen atoms in total. The summed E-state index contributed by atoms with van der Waals surface area (Å²) in [5.41, 5.74) is 1.16. The van der Waals surface area contributed by atoms with E-state index in [-0.39, 0.29) is 16.4 Å². The highest BCUT2D eigenvalue weighted by Gasteiger charge is 2.16. The van der Waals surface area contributed by atoms with Gasteiger partial charge in [-0.1, -0.05) is 29.8 Å². The lowest BCUT2D eigenvalue weighted by Crippen LogP contribution is -2.28. The van der Waals surface area contributed by atoms with Crippen LogP contribution in [0.5, 0.6) is 0 Å². The van der Waals surface area contributed by atoms with Crippen LogP contribution >= 0.6 is 23.4 Å². The fourth-order valence-corrected chi connectivity index (χ4v) is 3.75. The van der Waals surface area contributed by atoms with Crippen molar-refractivity contribution in [3.05, 3.63) is 64.4 Å². The molecule has 0 saturated carbocycles. The van der Waals surface area contributed by atoms with Crippen LogP contribution in [0.3, 0.4) is 0 Å². The molecule has 1 N–H and O–H groups in total. The number of amides is 1. The maximum atomic E-state index is 13.5. The number of anilines is 1. The molecule has 0 spiro atoms.